The Kier molecular flexibility index (Phi) is 5.36. The van der Waals surface area contributed by atoms with Crippen molar-refractivity contribution in [3.63, 3.8) is 0 Å². The average molecular weight is 329 g/mol. The van der Waals surface area contributed by atoms with Crippen LogP contribution < -0.4 is 10.6 Å². The second kappa shape index (κ2) is 7.06. The molecule has 1 heterocycles. The van der Waals surface area contributed by atoms with E-state index in [1.807, 2.05) is 0 Å². The van der Waals surface area contributed by atoms with Gasteiger partial charge >= 0.3 is 6.03 Å². The van der Waals surface area contributed by atoms with Crippen molar-refractivity contribution in [1.29, 1.82) is 0 Å². The maximum Gasteiger partial charge on any atom is 0.315 e. The molecule has 1 unspecified atom stereocenters. The molecular formula is C14H20FN3O3S. The molecular weight excluding hydrogens is 309 g/mol. The van der Waals surface area contributed by atoms with E-state index in [0.717, 1.165) is 12.7 Å². The molecule has 1 saturated heterocycles. The molecule has 1 aliphatic heterocycles. The molecule has 6 nitrogen and oxygen atoms in total. The maximum absolute atomic E-state index is 13.4. The third kappa shape index (κ3) is 4.67. The van der Waals surface area contributed by atoms with Crippen LogP contribution in [-0.4, -0.2) is 44.1 Å². The molecule has 1 aromatic carbocycles. The molecule has 8 heteroatoms. The zero-order chi connectivity index (χ0) is 16.2. The van der Waals surface area contributed by atoms with E-state index >= 15 is 0 Å². The van der Waals surface area contributed by atoms with Crippen molar-refractivity contribution in [2.24, 2.45) is 0 Å². The van der Waals surface area contributed by atoms with Crippen LogP contribution in [0.4, 0.5) is 9.18 Å². The third-order valence-electron chi connectivity index (χ3n) is 3.59. The van der Waals surface area contributed by atoms with Gasteiger partial charge in [0, 0.05) is 31.2 Å². The molecule has 2 rings (SSSR count). The molecule has 1 aliphatic rings. The first-order valence-corrected chi connectivity index (χ1v) is 8.94. The lowest BCUT2D eigenvalue weighted by atomic mass is 10.1. The van der Waals surface area contributed by atoms with Gasteiger partial charge in [0.2, 0.25) is 10.0 Å². The summed E-state index contributed by atoms with van der Waals surface area (Å²) < 4.78 is 37.8. The number of urea groups is 1. The summed E-state index contributed by atoms with van der Waals surface area (Å²) in [6, 6.07) is 5.55. The molecule has 0 saturated carbocycles. The Morgan fingerprint density at radius 3 is 2.82 bits per heavy atom. The fourth-order valence-electron chi connectivity index (χ4n) is 2.42. The van der Waals surface area contributed by atoms with Gasteiger partial charge in [0.15, 0.2) is 0 Å². The van der Waals surface area contributed by atoms with Crippen LogP contribution >= 0.6 is 0 Å². The van der Waals surface area contributed by atoms with Gasteiger partial charge in [-0.25, -0.2) is 21.9 Å². The molecule has 0 radical (unpaired) electrons. The second-order valence-corrected chi connectivity index (χ2v) is 7.36. The van der Waals surface area contributed by atoms with Gasteiger partial charge in [-0.15, -0.1) is 0 Å². The number of nitrogens with one attached hydrogen (secondary N) is 2. The van der Waals surface area contributed by atoms with Crippen molar-refractivity contribution >= 4 is 16.1 Å². The van der Waals surface area contributed by atoms with Crippen LogP contribution in [-0.2, 0) is 16.6 Å². The maximum atomic E-state index is 13.4. The van der Waals surface area contributed by atoms with Crippen LogP contribution in [0.15, 0.2) is 24.3 Å². The summed E-state index contributed by atoms with van der Waals surface area (Å²) in [7, 11) is -3.24. The number of nitrogens with zero attached hydrogens (tertiary/aromatic N) is 1. The average Bonchev–Trinajstić information content (AvgIpc) is 2.46. The lowest BCUT2D eigenvalue weighted by molar-refractivity contribution is 0.225. The van der Waals surface area contributed by atoms with Gasteiger partial charge < -0.3 is 10.6 Å². The largest absolute Gasteiger partial charge is 0.334 e. The number of halogens is 1. The molecule has 0 bridgehead atoms. The fourth-order valence-corrected chi connectivity index (χ4v) is 3.33. The van der Waals surface area contributed by atoms with Crippen molar-refractivity contribution in [3.05, 3.63) is 35.6 Å². The Balaban J connectivity index is 1.83. The first kappa shape index (κ1) is 16.7. The number of sulfonamides is 1. The predicted octanol–water partition coefficient (Wildman–Crippen LogP) is 1.05. The molecule has 0 spiro atoms. The van der Waals surface area contributed by atoms with Crippen LogP contribution in [0.1, 0.15) is 18.4 Å². The highest BCUT2D eigenvalue weighted by Gasteiger charge is 2.26. The Hall–Kier alpha value is -1.67. The molecule has 0 aliphatic carbocycles. The monoisotopic (exact) mass is 329 g/mol. The quantitative estimate of drug-likeness (QED) is 0.867. The molecule has 2 amide bonds. The van der Waals surface area contributed by atoms with Gasteiger partial charge in [-0.2, -0.15) is 0 Å². The lowest BCUT2D eigenvalue weighted by Crippen LogP contribution is -2.51. The Bertz CT molecular complexity index is 636. The minimum Gasteiger partial charge on any atom is -0.334 e. The van der Waals surface area contributed by atoms with Crippen molar-refractivity contribution in [2.75, 3.05) is 19.3 Å². The van der Waals surface area contributed by atoms with E-state index in [2.05, 4.69) is 10.6 Å². The second-order valence-electron chi connectivity index (χ2n) is 5.38. The van der Waals surface area contributed by atoms with E-state index in [1.165, 1.54) is 10.4 Å². The first-order valence-electron chi connectivity index (χ1n) is 7.09. The fraction of sp³-hybridized carbons (Fsp3) is 0.500. The number of carbonyl (C=O) groups is 1. The van der Waals surface area contributed by atoms with Gasteiger partial charge in [0.1, 0.15) is 5.82 Å². The molecule has 1 aromatic rings. The Morgan fingerprint density at radius 1 is 1.41 bits per heavy atom. The minimum absolute atomic E-state index is 0.0843. The van der Waals surface area contributed by atoms with E-state index in [0.29, 0.717) is 18.5 Å². The number of carbonyl (C=O) groups excluding carboxylic acids is 1. The molecule has 1 fully saturated rings. The zero-order valence-electron chi connectivity index (χ0n) is 12.4. The summed E-state index contributed by atoms with van der Waals surface area (Å²) in [4.78, 5) is 11.8. The lowest BCUT2D eigenvalue weighted by Gasteiger charge is -2.31. The number of benzene rings is 1. The summed E-state index contributed by atoms with van der Waals surface area (Å²) in [6.45, 7) is 0.834. The highest BCUT2D eigenvalue weighted by atomic mass is 32.2. The van der Waals surface area contributed by atoms with Crippen LogP contribution in [0.5, 0.6) is 0 Å². The van der Waals surface area contributed by atoms with Crippen molar-refractivity contribution in [1.82, 2.24) is 14.9 Å². The Morgan fingerprint density at radius 2 is 2.14 bits per heavy atom. The third-order valence-corrected chi connectivity index (χ3v) is 4.86. The molecule has 22 heavy (non-hydrogen) atoms. The Labute approximate surface area is 129 Å². The van der Waals surface area contributed by atoms with Gasteiger partial charge in [-0.1, -0.05) is 18.2 Å². The van der Waals surface area contributed by atoms with E-state index < -0.39 is 16.1 Å². The molecule has 2 N–H and O–H groups in total. The van der Waals surface area contributed by atoms with Crippen molar-refractivity contribution < 1.29 is 17.6 Å². The summed E-state index contributed by atoms with van der Waals surface area (Å²) in [5, 5.41) is 5.31. The number of amides is 2. The number of hydrogen-bond acceptors (Lipinski definition) is 3. The normalized spacial score (nSPS) is 19.6. The van der Waals surface area contributed by atoms with Crippen LogP contribution in [0, 0.1) is 5.82 Å². The molecule has 0 aromatic heterocycles. The van der Waals surface area contributed by atoms with E-state index in [1.54, 1.807) is 18.2 Å². The van der Waals surface area contributed by atoms with Gasteiger partial charge in [-0.3, -0.25) is 0 Å². The topological polar surface area (TPSA) is 78.5 Å². The van der Waals surface area contributed by atoms with Crippen LogP contribution in [0.25, 0.3) is 0 Å². The van der Waals surface area contributed by atoms with Crippen LogP contribution in [0.3, 0.4) is 0 Å². The number of piperidine rings is 1. The summed E-state index contributed by atoms with van der Waals surface area (Å²) in [5.41, 5.74) is 0.402. The number of rotatable bonds is 4. The van der Waals surface area contributed by atoms with Crippen molar-refractivity contribution in [3.8, 4) is 0 Å². The summed E-state index contributed by atoms with van der Waals surface area (Å²) >= 11 is 0. The predicted molar refractivity (Wildman–Crippen MR) is 81.2 cm³/mol. The number of hydrogen-bond donors (Lipinski definition) is 2. The van der Waals surface area contributed by atoms with Crippen LogP contribution in [0.2, 0.25) is 0 Å². The van der Waals surface area contributed by atoms with Gasteiger partial charge in [0.05, 0.1) is 6.26 Å². The van der Waals surface area contributed by atoms with Gasteiger partial charge in [0.25, 0.3) is 0 Å². The summed E-state index contributed by atoms with van der Waals surface area (Å²) in [6.07, 6.45) is 2.58. The van der Waals surface area contributed by atoms with Crippen molar-refractivity contribution in [2.45, 2.75) is 25.4 Å². The van der Waals surface area contributed by atoms with E-state index in [-0.39, 0.29) is 24.9 Å². The summed E-state index contributed by atoms with van der Waals surface area (Å²) in [5.74, 6) is -0.372. The van der Waals surface area contributed by atoms with E-state index in [4.69, 9.17) is 0 Å². The SMILES string of the molecule is CS(=O)(=O)N1CCCC(NC(=O)NCc2ccccc2F)C1. The molecule has 122 valence electrons. The minimum atomic E-state index is -3.24. The highest BCUT2D eigenvalue weighted by Crippen LogP contribution is 2.13. The molecule has 1 atom stereocenters. The zero-order valence-corrected chi connectivity index (χ0v) is 13.2. The standard InChI is InChI=1S/C14H20FN3O3S/c1-22(20,21)18-8-4-6-12(10-18)17-14(19)16-9-11-5-2-3-7-13(11)15/h2-3,5,7,12H,4,6,8-10H2,1H3,(H2,16,17,19). The van der Waals surface area contributed by atoms with Gasteiger partial charge in [-0.05, 0) is 18.9 Å². The van der Waals surface area contributed by atoms with E-state index in [9.17, 15) is 17.6 Å². The first-order chi connectivity index (χ1) is 10.4. The highest BCUT2D eigenvalue weighted by molar-refractivity contribution is 7.88. The smallest absolute Gasteiger partial charge is 0.315 e.